The fraction of sp³-hybridized carbons (Fsp3) is 0.0909. The molecule has 0 fully saturated rings. The van der Waals surface area contributed by atoms with Crippen LogP contribution in [0.1, 0.15) is 16.1 Å². The first-order valence-corrected chi connectivity index (χ1v) is 4.23. The van der Waals surface area contributed by atoms with Gasteiger partial charge >= 0.3 is 0 Å². The lowest BCUT2D eigenvalue weighted by Gasteiger charge is -2.01. The van der Waals surface area contributed by atoms with E-state index in [-0.39, 0.29) is 5.82 Å². The van der Waals surface area contributed by atoms with E-state index in [4.69, 9.17) is 0 Å². The van der Waals surface area contributed by atoms with Crippen LogP contribution < -0.4 is 0 Å². The predicted molar refractivity (Wildman–Crippen MR) is 51.8 cm³/mol. The Bertz CT molecular complexity index is 508. The highest BCUT2D eigenvalue weighted by Crippen LogP contribution is 2.16. The Hall–Kier alpha value is -1.77. The van der Waals surface area contributed by atoms with E-state index in [1.54, 1.807) is 19.1 Å². The van der Waals surface area contributed by atoms with Crippen molar-refractivity contribution in [2.24, 2.45) is 0 Å². The molecule has 0 radical (unpaired) electrons. The molecule has 2 rings (SSSR count). The van der Waals surface area contributed by atoms with Crippen LogP contribution in [0.5, 0.6) is 0 Å². The van der Waals surface area contributed by atoms with E-state index in [0.29, 0.717) is 16.8 Å². The first-order chi connectivity index (χ1) is 6.70. The van der Waals surface area contributed by atoms with Gasteiger partial charge in [0.15, 0.2) is 6.29 Å². The molecule has 0 bridgehead atoms. The quantitative estimate of drug-likeness (QED) is 0.645. The van der Waals surface area contributed by atoms with Crippen molar-refractivity contribution in [2.45, 2.75) is 6.92 Å². The predicted octanol–water partition coefficient (Wildman–Crippen LogP) is 2.49. The average Bonchev–Trinajstić information content (AvgIpc) is 2.16. The topological polar surface area (TPSA) is 30.0 Å². The average molecular weight is 189 g/mol. The van der Waals surface area contributed by atoms with Crippen molar-refractivity contribution in [1.82, 2.24) is 4.98 Å². The van der Waals surface area contributed by atoms with Gasteiger partial charge in [-0.05, 0) is 25.1 Å². The van der Waals surface area contributed by atoms with Crippen molar-refractivity contribution >= 4 is 17.2 Å². The van der Waals surface area contributed by atoms with Gasteiger partial charge in [-0.15, -0.1) is 0 Å². The third-order valence-corrected chi connectivity index (χ3v) is 2.14. The van der Waals surface area contributed by atoms with Crippen LogP contribution in [0.4, 0.5) is 4.39 Å². The third kappa shape index (κ3) is 1.37. The summed E-state index contributed by atoms with van der Waals surface area (Å²) in [5.74, 6) is -0.316. The first-order valence-electron chi connectivity index (χ1n) is 4.23. The fourth-order valence-corrected chi connectivity index (χ4v) is 1.37. The van der Waals surface area contributed by atoms with E-state index >= 15 is 0 Å². The Kier molecular flexibility index (Phi) is 2.00. The highest BCUT2D eigenvalue weighted by molar-refractivity contribution is 5.87. The normalized spacial score (nSPS) is 10.4. The summed E-state index contributed by atoms with van der Waals surface area (Å²) < 4.78 is 12.8. The van der Waals surface area contributed by atoms with Gasteiger partial charge in [-0.2, -0.15) is 0 Å². The maximum atomic E-state index is 12.8. The Morgan fingerprint density at radius 3 is 2.86 bits per heavy atom. The summed E-state index contributed by atoms with van der Waals surface area (Å²) >= 11 is 0. The van der Waals surface area contributed by atoms with Crippen LogP contribution in [0.25, 0.3) is 10.9 Å². The summed E-state index contributed by atoms with van der Waals surface area (Å²) in [6.07, 6.45) is 0.755. The van der Waals surface area contributed by atoms with Gasteiger partial charge < -0.3 is 0 Å². The van der Waals surface area contributed by atoms with Crippen molar-refractivity contribution in [3.05, 3.63) is 41.3 Å². The number of rotatable bonds is 1. The number of aryl methyl sites for hydroxylation is 1. The number of benzene rings is 1. The largest absolute Gasteiger partial charge is 0.298 e. The number of carbonyl (C=O) groups excluding carboxylic acids is 1. The van der Waals surface area contributed by atoms with E-state index < -0.39 is 0 Å². The molecule has 0 aliphatic heterocycles. The lowest BCUT2D eigenvalue weighted by molar-refractivity contribution is 0.112. The molecule has 0 unspecified atom stereocenters. The molecule has 0 saturated carbocycles. The second kappa shape index (κ2) is 3.18. The minimum atomic E-state index is -0.316. The summed E-state index contributed by atoms with van der Waals surface area (Å²) in [5, 5.41) is 0.777. The fourth-order valence-electron chi connectivity index (χ4n) is 1.37. The lowest BCUT2D eigenvalue weighted by atomic mass is 10.1. The van der Waals surface area contributed by atoms with Crippen molar-refractivity contribution in [2.75, 3.05) is 0 Å². The Labute approximate surface area is 80.4 Å². The molecule has 0 atom stereocenters. The van der Waals surface area contributed by atoms with Crippen LogP contribution in [0.15, 0.2) is 24.3 Å². The molecule has 0 amide bonds. The van der Waals surface area contributed by atoms with Gasteiger partial charge in [-0.3, -0.25) is 9.78 Å². The standard InChI is InChI=1S/C11H8FNO/c1-7-9(6-14)4-8-2-3-10(12)5-11(8)13-7/h2-6H,1H3. The molecular weight excluding hydrogens is 181 g/mol. The number of nitrogens with zero attached hydrogens (tertiary/aromatic N) is 1. The van der Waals surface area contributed by atoms with Gasteiger partial charge in [0.2, 0.25) is 0 Å². The van der Waals surface area contributed by atoms with Crippen LogP contribution >= 0.6 is 0 Å². The van der Waals surface area contributed by atoms with Gasteiger partial charge in [-0.25, -0.2) is 4.39 Å². The number of aromatic nitrogens is 1. The first kappa shape index (κ1) is 8.81. The minimum absolute atomic E-state index is 0.316. The lowest BCUT2D eigenvalue weighted by Crippen LogP contribution is -1.92. The SMILES string of the molecule is Cc1nc2cc(F)ccc2cc1C=O. The molecule has 3 heteroatoms. The second-order valence-electron chi connectivity index (χ2n) is 3.12. The van der Waals surface area contributed by atoms with Crippen LogP contribution in [-0.2, 0) is 0 Å². The summed E-state index contributed by atoms with van der Waals surface area (Å²) in [7, 11) is 0. The maximum absolute atomic E-state index is 12.8. The molecule has 0 N–H and O–H groups in total. The van der Waals surface area contributed by atoms with E-state index in [0.717, 1.165) is 11.7 Å². The van der Waals surface area contributed by atoms with Crippen molar-refractivity contribution in [1.29, 1.82) is 0 Å². The Morgan fingerprint density at radius 1 is 1.36 bits per heavy atom. The molecule has 1 aromatic heterocycles. The molecule has 1 aromatic carbocycles. The van der Waals surface area contributed by atoms with Gasteiger partial charge in [0.05, 0.1) is 5.52 Å². The summed E-state index contributed by atoms with van der Waals surface area (Å²) in [6.45, 7) is 1.73. The molecule has 2 nitrogen and oxygen atoms in total. The molecule has 1 heterocycles. The van der Waals surface area contributed by atoms with Crippen molar-refractivity contribution in [3.8, 4) is 0 Å². The zero-order valence-electron chi connectivity index (χ0n) is 7.62. The monoisotopic (exact) mass is 189 g/mol. The number of fused-ring (bicyclic) bond motifs is 1. The molecule has 70 valence electrons. The maximum Gasteiger partial charge on any atom is 0.151 e. The molecule has 0 aliphatic rings. The van der Waals surface area contributed by atoms with Crippen molar-refractivity contribution < 1.29 is 9.18 Å². The number of pyridine rings is 1. The van der Waals surface area contributed by atoms with E-state index in [9.17, 15) is 9.18 Å². The second-order valence-corrected chi connectivity index (χ2v) is 3.12. The zero-order chi connectivity index (χ0) is 10.1. The zero-order valence-corrected chi connectivity index (χ0v) is 7.62. The van der Waals surface area contributed by atoms with E-state index in [1.807, 2.05) is 0 Å². The van der Waals surface area contributed by atoms with E-state index in [1.165, 1.54) is 12.1 Å². The van der Waals surface area contributed by atoms with Gasteiger partial charge in [0.25, 0.3) is 0 Å². The van der Waals surface area contributed by atoms with Gasteiger partial charge in [0.1, 0.15) is 5.82 Å². The van der Waals surface area contributed by atoms with Crippen LogP contribution in [0, 0.1) is 12.7 Å². The summed E-state index contributed by atoms with van der Waals surface area (Å²) in [5.41, 5.74) is 1.75. The number of aldehydes is 1. The van der Waals surface area contributed by atoms with Gasteiger partial charge in [-0.1, -0.05) is 0 Å². The number of hydrogen-bond donors (Lipinski definition) is 0. The third-order valence-electron chi connectivity index (χ3n) is 2.14. The summed E-state index contributed by atoms with van der Waals surface area (Å²) in [6, 6.07) is 6.04. The molecule has 0 saturated heterocycles. The van der Waals surface area contributed by atoms with Crippen LogP contribution in [0.2, 0.25) is 0 Å². The van der Waals surface area contributed by atoms with Crippen LogP contribution in [0.3, 0.4) is 0 Å². The Morgan fingerprint density at radius 2 is 2.14 bits per heavy atom. The van der Waals surface area contributed by atoms with Gasteiger partial charge in [0, 0.05) is 22.7 Å². The number of carbonyl (C=O) groups is 1. The number of halogens is 1. The van der Waals surface area contributed by atoms with Crippen LogP contribution in [-0.4, -0.2) is 11.3 Å². The minimum Gasteiger partial charge on any atom is -0.298 e. The molecule has 14 heavy (non-hydrogen) atoms. The number of hydrogen-bond acceptors (Lipinski definition) is 2. The molecule has 0 spiro atoms. The van der Waals surface area contributed by atoms with Crippen molar-refractivity contribution in [3.63, 3.8) is 0 Å². The van der Waals surface area contributed by atoms with E-state index in [2.05, 4.69) is 4.98 Å². The molecule has 2 aromatic rings. The summed E-state index contributed by atoms with van der Waals surface area (Å²) in [4.78, 5) is 14.8. The highest BCUT2D eigenvalue weighted by Gasteiger charge is 2.02. The molecular formula is C11H8FNO. The smallest absolute Gasteiger partial charge is 0.151 e. The highest BCUT2D eigenvalue weighted by atomic mass is 19.1. The molecule has 0 aliphatic carbocycles. The Balaban J connectivity index is 2.79.